The van der Waals surface area contributed by atoms with E-state index in [4.69, 9.17) is 14.2 Å². The molecule has 8 nitrogen and oxygen atoms in total. The van der Waals surface area contributed by atoms with Crippen LogP contribution >= 0.6 is 11.8 Å². The lowest BCUT2D eigenvalue weighted by molar-refractivity contribution is -0.118. The van der Waals surface area contributed by atoms with Crippen molar-refractivity contribution in [1.29, 1.82) is 0 Å². The van der Waals surface area contributed by atoms with Crippen molar-refractivity contribution in [2.75, 3.05) is 33.6 Å². The standard InChI is InChI=1S/C25H26N4O4S/c1-31-19-7-5-18(6-8-19)20-15-21-25(27-12-13-29(21)28-20)34-16-24(30)26-11-10-17-4-9-22(32-2)23(14-17)33-3/h4-9,12-15H,10-11,16H2,1-3H3,(H,26,30). The van der Waals surface area contributed by atoms with E-state index in [0.717, 1.165) is 33.1 Å². The fourth-order valence-electron chi connectivity index (χ4n) is 3.48. The zero-order chi connectivity index (χ0) is 23.9. The van der Waals surface area contributed by atoms with Crippen molar-refractivity contribution >= 4 is 23.2 Å². The number of rotatable bonds is 10. The molecule has 0 saturated heterocycles. The fourth-order valence-corrected chi connectivity index (χ4v) is 4.29. The number of nitrogens with zero attached hydrogens (tertiary/aromatic N) is 3. The number of carbonyl (C=O) groups is 1. The van der Waals surface area contributed by atoms with Gasteiger partial charge in [0.05, 0.1) is 38.3 Å². The van der Waals surface area contributed by atoms with E-state index in [0.29, 0.717) is 24.5 Å². The Morgan fingerprint density at radius 2 is 1.79 bits per heavy atom. The maximum absolute atomic E-state index is 12.4. The number of ether oxygens (including phenoxy) is 3. The summed E-state index contributed by atoms with van der Waals surface area (Å²) in [5.74, 6) is 2.37. The molecule has 1 N–H and O–H groups in total. The van der Waals surface area contributed by atoms with Gasteiger partial charge in [0.15, 0.2) is 11.5 Å². The molecule has 0 aliphatic rings. The summed E-state index contributed by atoms with van der Waals surface area (Å²) in [4.78, 5) is 16.9. The SMILES string of the molecule is COc1ccc(-c2cc3c(SCC(=O)NCCc4ccc(OC)c(OC)c4)nccn3n2)cc1. The number of methoxy groups -OCH3 is 3. The Bertz CT molecular complexity index is 1270. The minimum absolute atomic E-state index is 0.0517. The first-order chi connectivity index (χ1) is 16.6. The number of thioether (sulfide) groups is 1. The number of aromatic nitrogens is 3. The quantitative estimate of drug-likeness (QED) is 0.346. The second-order valence-corrected chi connectivity index (χ2v) is 8.36. The highest BCUT2D eigenvalue weighted by atomic mass is 32.2. The lowest BCUT2D eigenvalue weighted by atomic mass is 10.1. The molecule has 176 valence electrons. The van der Waals surface area contributed by atoms with Gasteiger partial charge in [0.2, 0.25) is 5.91 Å². The summed E-state index contributed by atoms with van der Waals surface area (Å²) in [7, 11) is 4.85. The third-order valence-corrected chi connectivity index (χ3v) is 6.26. The number of fused-ring (bicyclic) bond motifs is 1. The van der Waals surface area contributed by atoms with E-state index < -0.39 is 0 Å². The molecule has 0 saturated carbocycles. The average Bonchev–Trinajstić information content (AvgIpc) is 3.32. The summed E-state index contributed by atoms with van der Waals surface area (Å²) in [6.07, 6.45) is 4.18. The summed E-state index contributed by atoms with van der Waals surface area (Å²) < 4.78 is 17.6. The molecule has 0 aliphatic heterocycles. The van der Waals surface area contributed by atoms with Crippen LogP contribution in [0.2, 0.25) is 0 Å². The van der Waals surface area contributed by atoms with E-state index in [-0.39, 0.29) is 11.7 Å². The summed E-state index contributed by atoms with van der Waals surface area (Å²) in [6.45, 7) is 0.529. The highest BCUT2D eigenvalue weighted by Crippen LogP contribution is 2.28. The summed E-state index contributed by atoms with van der Waals surface area (Å²) in [6, 6.07) is 15.5. The largest absolute Gasteiger partial charge is 0.497 e. The highest BCUT2D eigenvalue weighted by Gasteiger charge is 2.12. The summed E-state index contributed by atoms with van der Waals surface area (Å²) in [5.41, 5.74) is 3.73. The van der Waals surface area contributed by atoms with Gasteiger partial charge in [-0.25, -0.2) is 9.50 Å². The molecule has 2 aromatic heterocycles. The number of hydrogen-bond acceptors (Lipinski definition) is 7. The number of carbonyl (C=O) groups excluding carboxylic acids is 1. The summed E-state index contributed by atoms with van der Waals surface area (Å²) >= 11 is 1.39. The zero-order valence-corrected chi connectivity index (χ0v) is 20.1. The maximum Gasteiger partial charge on any atom is 0.230 e. The molecule has 0 fully saturated rings. The minimum atomic E-state index is -0.0517. The van der Waals surface area contributed by atoms with Crippen LogP contribution in [0.25, 0.3) is 16.8 Å². The van der Waals surface area contributed by atoms with Crippen LogP contribution in [-0.2, 0) is 11.2 Å². The van der Waals surface area contributed by atoms with Crippen molar-refractivity contribution in [3.8, 4) is 28.5 Å². The Morgan fingerprint density at radius 3 is 2.53 bits per heavy atom. The highest BCUT2D eigenvalue weighted by molar-refractivity contribution is 8.00. The van der Waals surface area contributed by atoms with Crippen molar-refractivity contribution in [1.82, 2.24) is 19.9 Å². The maximum atomic E-state index is 12.4. The number of amides is 1. The third-order valence-electron chi connectivity index (χ3n) is 5.26. The molecule has 0 radical (unpaired) electrons. The molecule has 2 heterocycles. The second kappa shape index (κ2) is 10.9. The Kier molecular flexibility index (Phi) is 7.54. The minimum Gasteiger partial charge on any atom is -0.497 e. The molecule has 34 heavy (non-hydrogen) atoms. The lowest BCUT2D eigenvalue weighted by Crippen LogP contribution is -2.27. The first-order valence-corrected chi connectivity index (χ1v) is 11.7. The van der Waals surface area contributed by atoms with E-state index in [1.807, 2.05) is 48.5 Å². The number of nitrogens with one attached hydrogen (secondary N) is 1. The van der Waals surface area contributed by atoms with Gasteiger partial charge in [-0.1, -0.05) is 17.8 Å². The normalized spacial score (nSPS) is 10.8. The van der Waals surface area contributed by atoms with Gasteiger partial charge in [-0.15, -0.1) is 0 Å². The molecular weight excluding hydrogens is 452 g/mol. The van der Waals surface area contributed by atoms with Crippen LogP contribution in [0.4, 0.5) is 0 Å². The molecule has 0 bridgehead atoms. The van der Waals surface area contributed by atoms with Crippen LogP contribution in [0.5, 0.6) is 17.2 Å². The van der Waals surface area contributed by atoms with Crippen molar-refractivity contribution in [3.05, 3.63) is 66.5 Å². The average molecular weight is 479 g/mol. The first-order valence-electron chi connectivity index (χ1n) is 10.7. The van der Waals surface area contributed by atoms with Gasteiger partial charge >= 0.3 is 0 Å². The van der Waals surface area contributed by atoms with Crippen LogP contribution in [0.1, 0.15) is 5.56 Å². The van der Waals surface area contributed by atoms with Gasteiger partial charge in [-0.2, -0.15) is 5.10 Å². The molecule has 0 unspecified atom stereocenters. The van der Waals surface area contributed by atoms with Crippen molar-refractivity contribution in [2.45, 2.75) is 11.4 Å². The van der Waals surface area contributed by atoms with Gasteiger partial charge in [0, 0.05) is 24.5 Å². The number of hydrogen-bond donors (Lipinski definition) is 1. The third kappa shape index (κ3) is 5.43. The fraction of sp³-hybridized carbons (Fsp3) is 0.240. The van der Waals surface area contributed by atoms with E-state index in [2.05, 4.69) is 15.4 Å². The molecule has 2 aromatic carbocycles. The van der Waals surface area contributed by atoms with Crippen LogP contribution < -0.4 is 19.5 Å². The van der Waals surface area contributed by atoms with E-state index in [1.165, 1.54) is 11.8 Å². The zero-order valence-electron chi connectivity index (χ0n) is 19.3. The van der Waals surface area contributed by atoms with Gasteiger partial charge in [0.25, 0.3) is 0 Å². The Labute approximate surface area is 202 Å². The molecule has 0 spiro atoms. The predicted molar refractivity (Wildman–Crippen MR) is 132 cm³/mol. The monoisotopic (exact) mass is 478 g/mol. The van der Waals surface area contributed by atoms with Crippen LogP contribution in [0.3, 0.4) is 0 Å². The molecule has 9 heteroatoms. The molecule has 0 aliphatic carbocycles. The predicted octanol–water partition coefficient (Wildman–Crippen LogP) is 3.87. The molecule has 1 amide bonds. The van der Waals surface area contributed by atoms with E-state index in [9.17, 15) is 4.79 Å². The topological polar surface area (TPSA) is 87.0 Å². The van der Waals surface area contributed by atoms with E-state index >= 15 is 0 Å². The summed E-state index contributed by atoms with van der Waals surface area (Å²) in [5, 5.41) is 8.36. The Balaban J connectivity index is 1.34. The van der Waals surface area contributed by atoms with Gasteiger partial charge < -0.3 is 19.5 Å². The molecule has 4 rings (SSSR count). The van der Waals surface area contributed by atoms with Crippen molar-refractivity contribution < 1.29 is 19.0 Å². The van der Waals surface area contributed by atoms with E-state index in [1.54, 1.807) is 38.2 Å². The Morgan fingerprint density at radius 1 is 1.00 bits per heavy atom. The van der Waals surface area contributed by atoms with Gasteiger partial charge in [-0.3, -0.25) is 4.79 Å². The lowest BCUT2D eigenvalue weighted by Gasteiger charge is -2.10. The second-order valence-electron chi connectivity index (χ2n) is 7.40. The smallest absolute Gasteiger partial charge is 0.230 e. The van der Waals surface area contributed by atoms with Crippen LogP contribution in [0, 0.1) is 0 Å². The molecule has 4 aromatic rings. The van der Waals surface area contributed by atoms with Gasteiger partial charge in [-0.05, 0) is 54.4 Å². The molecule has 0 atom stereocenters. The Hall–Kier alpha value is -3.72. The van der Waals surface area contributed by atoms with Crippen LogP contribution in [0.15, 0.2) is 66.0 Å². The number of benzene rings is 2. The first kappa shape index (κ1) is 23.4. The van der Waals surface area contributed by atoms with Crippen molar-refractivity contribution in [3.63, 3.8) is 0 Å². The van der Waals surface area contributed by atoms with Crippen molar-refractivity contribution in [2.24, 2.45) is 0 Å². The van der Waals surface area contributed by atoms with Crippen LogP contribution in [-0.4, -0.2) is 54.1 Å². The molecular formula is C25H26N4O4S. The van der Waals surface area contributed by atoms with Gasteiger partial charge in [0.1, 0.15) is 10.8 Å².